The van der Waals surface area contributed by atoms with Crippen LogP contribution in [0.5, 0.6) is 17.2 Å². The largest absolute Gasteiger partial charge is 0.495 e. The van der Waals surface area contributed by atoms with Crippen molar-refractivity contribution in [2.75, 3.05) is 19.2 Å². The summed E-state index contributed by atoms with van der Waals surface area (Å²) in [5.74, 6) is 0.884. The van der Waals surface area contributed by atoms with Crippen LogP contribution < -0.4 is 30.8 Å². The van der Waals surface area contributed by atoms with Crippen molar-refractivity contribution in [1.29, 1.82) is 0 Å². The number of ether oxygens (including phenoxy) is 3. The van der Waals surface area contributed by atoms with Crippen molar-refractivity contribution in [1.82, 2.24) is 9.55 Å². The van der Waals surface area contributed by atoms with Gasteiger partial charge in [-0.15, -0.1) is 0 Å². The van der Waals surface area contributed by atoms with E-state index in [2.05, 4.69) is 10.3 Å². The molecule has 0 atom stereocenters. The van der Waals surface area contributed by atoms with E-state index in [9.17, 15) is 14.4 Å². The Kier molecular flexibility index (Phi) is 5.20. The molecule has 0 unspecified atom stereocenters. The highest BCUT2D eigenvalue weighted by atomic mass is 35.5. The monoisotopic (exact) mass is 429 g/mol. The Hall–Kier alpha value is -3.72. The fourth-order valence-electron chi connectivity index (χ4n) is 2.98. The summed E-state index contributed by atoms with van der Waals surface area (Å²) in [5.41, 5.74) is -0.567. The van der Waals surface area contributed by atoms with Crippen molar-refractivity contribution in [2.45, 2.75) is 6.54 Å². The first kappa shape index (κ1) is 19.6. The molecular formula is C20H16ClN3O6. The highest BCUT2D eigenvalue weighted by molar-refractivity contribution is 6.32. The molecular weight excluding hydrogens is 414 g/mol. The summed E-state index contributed by atoms with van der Waals surface area (Å²) in [6.07, 6.45) is 1.08. The molecule has 2 aromatic carbocycles. The molecule has 10 heteroatoms. The van der Waals surface area contributed by atoms with Gasteiger partial charge in [0.1, 0.15) is 11.3 Å². The topological polar surface area (TPSA) is 112 Å². The third-order valence-electron chi connectivity index (χ3n) is 4.49. The molecule has 1 amide bonds. The highest BCUT2D eigenvalue weighted by Crippen LogP contribution is 2.32. The molecule has 0 saturated carbocycles. The number of benzene rings is 2. The maximum absolute atomic E-state index is 12.8. The van der Waals surface area contributed by atoms with E-state index in [0.29, 0.717) is 33.5 Å². The van der Waals surface area contributed by atoms with Crippen LogP contribution in [-0.2, 0) is 6.54 Å². The van der Waals surface area contributed by atoms with Gasteiger partial charge in [-0.25, -0.2) is 4.79 Å². The summed E-state index contributed by atoms with van der Waals surface area (Å²) in [6, 6.07) is 9.75. The summed E-state index contributed by atoms with van der Waals surface area (Å²) >= 11 is 6.06. The number of methoxy groups -OCH3 is 1. The zero-order valence-corrected chi connectivity index (χ0v) is 16.5. The van der Waals surface area contributed by atoms with Gasteiger partial charge in [-0.1, -0.05) is 17.7 Å². The quantitative estimate of drug-likeness (QED) is 0.643. The standard InChI is InChI=1S/C20H16ClN3O6/c1-28-15-5-3-12(7-14(15)21)23-18(25)13-8-22-20(27)24(19(13)26)9-11-2-4-16-17(6-11)30-10-29-16/h2-8H,9-10H2,1H3,(H,22,27)(H,23,25). The molecule has 4 rings (SSSR count). The first-order chi connectivity index (χ1) is 14.5. The van der Waals surface area contributed by atoms with Crippen LogP contribution in [0, 0.1) is 0 Å². The second kappa shape index (κ2) is 7.96. The molecule has 9 nitrogen and oxygen atoms in total. The van der Waals surface area contributed by atoms with Crippen LogP contribution in [-0.4, -0.2) is 29.4 Å². The molecule has 0 spiro atoms. The van der Waals surface area contributed by atoms with E-state index in [4.69, 9.17) is 25.8 Å². The average Bonchev–Trinajstić information content (AvgIpc) is 3.19. The molecule has 0 saturated heterocycles. The molecule has 0 radical (unpaired) electrons. The van der Waals surface area contributed by atoms with Crippen molar-refractivity contribution < 1.29 is 19.0 Å². The molecule has 0 bridgehead atoms. The molecule has 1 aliphatic rings. The number of rotatable bonds is 5. The fourth-order valence-corrected chi connectivity index (χ4v) is 3.24. The van der Waals surface area contributed by atoms with E-state index in [1.54, 1.807) is 30.3 Å². The normalized spacial score (nSPS) is 11.9. The third kappa shape index (κ3) is 3.74. The number of anilines is 1. The van der Waals surface area contributed by atoms with Crippen LogP contribution >= 0.6 is 11.6 Å². The van der Waals surface area contributed by atoms with Gasteiger partial charge >= 0.3 is 5.69 Å². The number of hydrogen-bond acceptors (Lipinski definition) is 6. The first-order valence-corrected chi connectivity index (χ1v) is 9.20. The lowest BCUT2D eigenvalue weighted by Crippen LogP contribution is -2.39. The summed E-state index contributed by atoms with van der Waals surface area (Å²) in [6.45, 7) is 0.0740. The van der Waals surface area contributed by atoms with E-state index in [0.717, 1.165) is 10.8 Å². The minimum atomic E-state index is -0.728. The van der Waals surface area contributed by atoms with Gasteiger partial charge in [0.25, 0.3) is 11.5 Å². The number of H-pyrrole nitrogens is 1. The van der Waals surface area contributed by atoms with E-state index in [1.807, 2.05) is 0 Å². The molecule has 154 valence electrons. The van der Waals surface area contributed by atoms with Crippen LogP contribution in [0.25, 0.3) is 0 Å². The number of amides is 1. The number of aromatic amines is 1. The van der Waals surface area contributed by atoms with Crippen molar-refractivity contribution >= 4 is 23.2 Å². The predicted molar refractivity (Wildman–Crippen MR) is 109 cm³/mol. The maximum atomic E-state index is 12.8. The summed E-state index contributed by atoms with van der Waals surface area (Å²) in [5, 5.41) is 2.89. The van der Waals surface area contributed by atoms with Crippen LogP contribution in [0.2, 0.25) is 5.02 Å². The smallest absolute Gasteiger partial charge is 0.328 e. The molecule has 2 N–H and O–H groups in total. The highest BCUT2D eigenvalue weighted by Gasteiger charge is 2.18. The first-order valence-electron chi connectivity index (χ1n) is 8.82. The molecule has 0 aliphatic carbocycles. The van der Waals surface area contributed by atoms with E-state index >= 15 is 0 Å². The molecule has 1 aromatic heterocycles. The average molecular weight is 430 g/mol. The van der Waals surface area contributed by atoms with Gasteiger partial charge < -0.3 is 24.5 Å². The van der Waals surface area contributed by atoms with Crippen LogP contribution in [0.3, 0.4) is 0 Å². The zero-order valence-electron chi connectivity index (χ0n) is 15.7. The predicted octanol–water partition coefficient (Wildman–Crippen LogP) is 2.23. The van der Waals surface area contributed by atoms with Crippen molar-refractivity contribution in [2.24, 2.45) is 0 Å². The molecule has 0 fully saturated rings. The summed E-state index contributed by atoms with van der Waals surface area (Å²) < 4.78 is 16.6. The van der Waals surface area contributed by atoms with Gasteiger partial charge in [0, 0.05) is 11.9 Å². The van der Waals surface area contributed by atoms with Gasteiger partial charge in [0.2, 0.25) is 6.79 Å². The zero-order chi connectivity index (χ0) is 21.3. The summed E-state index contributed by atoms with van der Waals surface area (Å²) in [7, 11) is 1.47. The van der Waals surface area contributed by atoms with Gasteiger partial charge in [-0.3, -0.25) is 14.2 Å². The number of halogens is 1. The lowest BCUT2D eigenvalue weighted by molar-refractivity contribution is 0.102. The summed E-state index contributed by atoms with van der Waals surface area (Å²) in [4.78, 5) is 40.1. The second-order valence-corrected chi connectivity index (χ2v) is 6.80. The second-order valence-electron chi connectivity index (χ2n) is 6.39. The lowest BCUT2D eigenvalue weighted by Gasteiger charge is -2.10. The van der Waals surface area contributed by atoms with E-state index in [-0.39, 0.29) is 18.9 Å². The molecule has 2 heterocycles. The Morgan fingerprint density at radius 2 is 2.00 bits per heavy atom. The van der Waals surface area contributed by atoms with E-state index in [1.165, 1.54) is 13.2 Å². The minimum absolute atomic E-state index is 0.0414. The Labute approximate surface area is 174 Å². The SMILES string of the molecule is COc1ccc(NC(=O)c2c[nH]c(=O)n(Cc3ccc4c(c3)OCO4)c2=O)cc1Cl. The number of aromatic nitrogens is 2. The fraction of sp³-hybridized carbons (Fsp3) is 0.150. The van der Waals surface area contributed by atoms with E-state index < -0.39 is 17.2 Å². The molecule has 30 heavy (non-hydrogen) atoms. The Morgan fingerprint density at radius 3 is 2.77 bits per heavy atom. The minimum Gasteiger partial charge on any atom is -0.495 e. The Balaban J connectivity index is 1.60. The van der Waals surface area contributed by atoms with Crippen molar-refractivity contribution in [3.05, 3.63) is 79.6 Å². The third-order valence-corrected chi connectivity index (χ3v) is 4.79. The number of nitrogens with one attached hydrogen (secondary N) is 2. The van der Waals surface area contributed by atoms with Gasteiger partial charge in [0.15, 0.2) is 11.5 Å². The van der Waals surface area contributed by atoms with Crippen molar-refractivity contribution in [3.8, 4) is 17.2 Å². The van der Waals surface area contributed by atoms with Gasteiger partial charge in [-0.05, 0) is 35.9 Å². The number of nitrogens with zero attached hydrogens (tertiary/aromatic N) is 1. The van der Waals surface area contributed by atoms with Gasteiger partial charge in [0.05, 0.1) is 18.7 Å². The Morgan fingerprint density at radius 1 is 1.20 bits per heavy atom. The van der Waals surface area contributed by atoms with Crippen LogP contribution in [0.4, 0.5) is 5.69 Å². The number of hydrogen-bond donors (Lipinski definition) is 2. The van der Waals surface area contributed by atoms with Gasteiger partial charge in [-0.2, -0.15) is 0 Å². The number of carbonyl (C=O) groups is 1. The lowest BCUT2D eigenvalue weighted by atomic mass is 10.2. The Bertz CT molecular complexity index is 1250. The van der Waals surface area contributed by atoms with Crippen LogP contribution in [0.1, 0.15) is 15.9 Å². The number of fused-ring (bicyclic) bond motifs is 1. The molecule has 3 aromatic rings. The van der Waals surface area contributed by atoms with Crippen molar-refractivity contribution in [3.63, 3.8) is 0 Å². The molecule has 1 aliphatic heterocycles. The van der Waals surface area contributed by atoms with Crippen LogP contribution in [0.15, 0.2) is 52.2 Å². The maximum Gasteiger partial charge on any atom is 0.328 e. The number of carbonyl (C=O) groups excluding carboxylic acids is 1.